The Morgan fingerprint density at radius 3 is 1.51 bits per heavy atom. The Morgan fingerprint density at radius 1 is 0.600 bits per heavy atom. The van der Waals surface area contributed by atoms with Crippen LogP contribution in [0, 0.1) is 13.8 Å². The van der Waals surface area contributed by atoms with Crippen molar-refractivity contribution in [2.24, 2.45) is 0 Å². The van der Waals surface area contributed by atoms with Crippen molar-refractivity contribution in [1.82, 2.24) is 0 Å². The fourth-order valence-corrected chi connectivity index (χ4v) is 7.12. The number of benzene rings is 4. The van der Waals surface area contributed by atoms with Crippen LogP contribution in [0.25, 0.3) is 0 Å². The van der Waals surface area contributed by atoms with Crippen LogP contribution in [0.5, 0.6) is 5.75 Å². The SMILES string of the molecule is Cc1ccc(S(=O)(=O)N(c2ccc(OCc3ccccc3)cc2)S(=O)(=O)c2ccc(C)cc2)cc1. The first-order chi connectivity index (χ1) is 16.7. The third-order valence-electron chi connectivity index (χ3n) is 5.37. The number of hydrogen-bond donors (Lipinski definition) is 0. The van der Waals surface area contributed by atoms with Gasteiger partial charge in [0.25, 0.3) is 20.0 Å². The first-order valence-corrected chi connectivity index (χ1v) is 13.8. The van der Waals surface area contributed by atoms with Crippen LogP contribution in [-0.2, 0) is 26.7 Å². The van der Waals surface area contributed by atoms with Gasteiger partial charge >= 0.3 is 0 Å². The molecule has 8 heteroatoms. The molecule has 4 rings (SSSR count). The molecule has 0 atom stereocenters. The number of hydrogen-bond acceptors (Lipinski definition) is 5. The van der Waals surface area contributed by atoms with E-state index < -0.39 is 20.0 Å². The summed E-state index contributed by atoms with van der Waals surface area (Å²) in [6.45, 7) is 3.98. The monoisotopic (exact) mass is 507 g/mol. The topological polar surface area (TPSA) is 80.8 Å². The molecule has 0 aliphatic rings. The second-order valence-corrected chi connectivity index (χ2v) is 11.9. The van der Waals surface area contributed by atoms with Crippen molar-refractivity contribution in [3.8, 4) is 5.75 Å². The van der Waals surface area contributed by atoms with Gasteiger partial charge in [0.05, 0.1) is 15.5 Å². The fourth-order valence-electron chi connectivity index (χ4n) is 3.42. The van der Waals surface area contributed by atoms with Gasteiger partial charge in [0.2, 0.25) is 0 Å². The van der Waals surface area contributed by atoms with Crippen molar-refractivity contribution in [1.29, 1.82) is 0 Å². The summed E-state index contributed by atoms with van der Waals surface area (Å²) < 4.78 is 60.8. The second kappa shape index (κ2) is 9.93. The molecule has 0 aromatic heterocycles. The zero-order chi connectivity index (χ0) is 25.1. The highest BCUT2D eigenvalue weighted by atomic mass is 32.3. The summed E-state index contributed by atoms with van der Waals surface area (Å²) in [5.41, 5.74) is 2.67. The molecule has 0 unspecified atom stereocenters. The van der Waals surface area contributed by atoms with Crippen LogP contribution in [0.4, 0.5) is 5.69 Å². The third-order valence-corrected chi connectivity index (χ3v) is 9.58. The number of anilines is 1. The van der Waals surface area contributed by atoms with E-state index in [0.29, 0.717) is 16.1 Å². The van der Waals surface area contributed by atoms with Crippen LogP contribution in [0.3, 0.4) is 0 Å². The quantitative estimate of drug-likeness (QED) is 0.316. The largest absolute Gasteiger partial charge is 0.489 e. The molecule has 35 heavy (non-hydrogen) atoms. The lowest BCUT2D eigenvalue weighted by atomic mass is 10.2. The molecule has 0 aliphatic carbocycles. The van der Waals surface area contributed by atoms with Gasteiger partial charge in [-0.05, 0) is 67.9 Å². The molecule has 4 aromatic rings. The van der Waals surface area contributed by atoms with E-state index in [1.54, 1.807) is 36.4 Å². The Bertz CT molecular complexity index is 1420. The van der Waals surface area contributed by atoms with E-state index in [2.05, 4.69) is 0 Å². The van der Waals surface area contributed by atoms with Crippen molar-refractivity contribution >= 4 is 25.7 Å². The minimum Gasteiger partial charge on any atom is -0.489 e. The van der Waals surface area contributed by atoms with E-state index in [9.17, 15) is 16.8 Å². The molecule has 4 aromatic carbocycles. The first kappa shape index (κ1) is 24.5. The normalized spacial score (nSPS) is 11.7. The molecule has 0 N–H and O–H groups in total. The van der Waals surface area contributed by atoms with Crippen molar-refractivity contribution in [3.05, 3.63) is 120 Å². The number of ether oxygens (including phenoxy) is 1. The number of rotatable bonds is 8. The van der Waals surface area contributed by atoms with Gasteiger partial charge in [-0.1, -0.05) is 65.7 Å². The molecule has 0 bridgehead atoms. The molecular formula is C27H25NO5S2. The maximum Gasteiger partial charge on any atom is 0.277 e. The van der Waals surface area contributed by atoms with E-state index in [1.807, 2.05) is 44.2 Å². The molecule has 0 radical (unpaired) electrons. The van der Waals surface area contributed by atoms with Crippen LogP contribution in [0.15, 0.2) is 113 Å². The van der Waals surface area contributed by atoms with Gasteiger partial charge in [0, 0.05) is 0 Å². The van der Waals surface area contributed by atoms with Gasteiger partial charge in [-0.3, -0.25) is 0 Å². The van der Waals surface area contributed by atoms with E-state index in [-0.39, 0.29) is 15.5 Å². The molecular weight excluding hydrogens is 482 g/mol. The van der Waals surface area contributed by atoms with E-state index in [4.69, 9.17) is 4.74 Å². The molecule has 0 aliphatic heterocycles. The predicted octanol–water partition coefficient (Wildman–Crippen LogP) is 5.47. The zero-order valence-corrected chi connectivity index (χ0v) is 21.0. The summed E-state index contributed by atoms with van der Waals surface area (Å²) >= 11 is 0. The van der Waals surface area contributed by atoms with Crippen LogP contribution in [0.1, 0.15) is 16.7 Å². The highest BCUT2D eigenvalue weighted by Gasteiger charge is 2.37. The fraction of sp³-hybridized carbons (Fsp3) is 0.111. The molecule has 0 spiro atoms. The molecule has 0 amide bonds. The predicted molar refractivity (Wildman–Crippen MR) is 136 cm³/mol. The lowest BCUT2D eigenvalue weighted by Gasteiger charge is -2.24. The average Bonchev–Trinajstić information content (AvgIpc) is 2.84. The molecule has 0 heterocycles. The van der Waals surface area contributed by atoms with Crippen LogP contribution >= 0.6 is 0 Å². The minimum absolute atomic E-state index is 0.0155. The van der Waals surface area contributed by atoms with Gasteiger partial charge in [0.15, 0.2) is 0 Å². The number of nitrogens with zero attached hydrogens (tertiary/aromatic N) is 1. The summed E-state index contributed by atoms with van der Waals surface area (Å²) in [6, 6.07) is 27.7. The molecule has 6 nitrogen and oxygen atoms in total. The van der Waals surface area contributed by atoms with Gasteiger partial charge in [-0.15, -0.1) is 0 Å². The summed E-state index contributed by atoms with van der Waals surface area (Å²) in [5, 5.41) is 0. The molecule has 0 saturated heterocycles. The third kappa shape index (κ3) is 5.39. The molecule has 180 valence electrons. The average molecular weight is 508 g/mol. The standard InChI is InChI=1S/C27H25NO5S2/c1-21-8-16-26(17-9-21)34(29,30)28(35(31,32)27-18-10-22(2)11-19-27)24-12-14-25(15-13-24)33-20-23-6-4-3-5-7-23/h3-19H,20H2,1-2H3. The Morgan fingerprint density at radius 2 is 1.06 bits per heavy atom. The van der Waals surface area contributed by atoms with Crippen LogP contribution < -0.4 is 8.45 Å². The van der Waals surface area contributed by atoms with E-state index in [1.165, 1.54) is 36.4 Å². The van der Waals surface area contributed by atoms with Crippen molar-refractivity contribution in [3.63, 3.8) is 0 Å². The lowest BCUT2D eigenvalue weighted by Crippen LogP contribution is -2.37. The molecule has 0 fully saturated rings. The highest BCUT2D eigenvalue weighted by Crippen LogP contribution is 2.32. The summed E-state index contributed by atoms with van der Waals surface area (Å²) in [4.78, 5) is -0.244. The maximum atomic E-state index is 13.6. The Labute approximate surface area is 206 Å². The first-order valence-electron chi connectivity index (χ1n) is 10.9. The summed E-state index contributed by atoms with van der Waals surface area (Å²) in [6.07, 6.45) is 0. The molecule has 0 saturated carbocycles. The Balaban J connectivity index is 1.74. The van der Waals surface area contributed by atoms with Crippen molar-refractivity contribution < 1.29 is 21.6 Å². The number of aryl methyl sites for hydroxylation is 2. The Hall–Kier alpha value is -3.62. The van der Waals surface area contributed by atoms with Crippen molar-refractivity contribution in [2.75, 3.05) is 3.71 Å². The summed E-state index contributed by atoms with van der Waals surface area (Å²) in [5.74, 6) is 0.484. The van der Waals surface area contributed by atoms with Gasteiger partial charge in [-0.2, -0.15) is 3.71 Å². The number of sulfonamides is 2. The van der Waals surface area contributed by atoms with Crippen LogP contribution in [-0.4, -0.2) is 16.8 Å². The van der Waals surface area contributed by atoms with Gasteiger partial charge in [0.1, 0.15) is 12.4 Å². The van der Waals surface area contributed by atoms with Gasteiger partial charge < -0.3 is 4.74 Å². The van der Waals surface area contributed by atoms with Gasteiger partial charge in [-0.25, -0.2) is 16.8 Å². The minimum atomic E-state index is -4.45. The lowest BCUT2D eigenvalue weighted by molar-refractivity contribution is 0.306. The Kier molecular flexibility index (Phi) is 6.95. The van der Waals surface area contributed by atoms with E-state index >= 15 is 0 Å². The zero-order valence-electron chi connectivity index (χ0n) is 19.3. The van der Waals surface area contributed by atoms with Crippen molar-refractivity contribution in [2.45, 2.75) is 30.2 Å². The second-order valence-electron chi connectivity index (χ2n) is 8.10. The summed E-state index contributed by atoms with van der Waals surface area (Å²) in [7, 11) is -8.90. The van der Waals surface area contributed by atoms with E-state index in [0.717, 1.165) is 16.7 Å². The van der Waals surface area contributed by atoms with Crippen LogP contribution in [0.2, 0.25) is 0 Å². The smallest absolute Gasteiger partial charge is 0.277 e. The maximum absolute atomic E-state index is 13.6. The highest BCUT2D eigenvalue weighted by molar-refractivity contribution is 8.10.